The van der Waals surface area contributed by atoms with E-state index in [0.29, 0.717) is 12.3 Å². The maximum Gasteiger partial charge on any atom is 0.261 e. The number of rotatable bonds is 5. The number of carbonyl (C=O) groups excluding carboxylic acids is 1. The van der Waals surface area contributed by atoms with Gasteiger partial charge < -0.3 is 15.8 Å². The number of benzene rings is 1. The molecule has 1 amide bonds. The number of nitrogens with one attached hydrogen (secondary N) is 1. The van der Waals surface area contributed by atoms with Crippen LogP contribution in [0, 0.1) is 6.92 Å². The van der Waals surface area contributed by atoms with Gasteiger partial charge in [0, 0.05) is 12.1 Å². The first-order chi connectivity index (χ1) is 8.34. The van der Waals surface area contributed by atoms with Crippen LogP contribution < -0.4 is 15.8 Å². The second-order valence-electron chi connectivity index (χ2n) is 5.15. The zero-order valence-electron chi connectivity index (χ0n) is 11.5. The van der Waals surface area contributed by atoms with E-state index in [1.165, 1.54) is 0 Å². The molecule has 4 heteroatoms. The molecule has 1 atom stereocenters. The van der Waals surface area contributed by atoms with Crippen molar-refractivity contribution in [1.29, 1.82) is 0 Å². The topological polar surface area (TPSA) is 64.3 Å². The molecular weight excluding hydrogens is 228 g/mol. The molecule has 0 radical (unpaired) electrons. The number of ether oxygens (including phenoxy) is 1. The molecule has 0 aliphatic heterocycles. The Morgan fingerprint density at radius 1 is 1.39 bits per heavy atom. The highest BCUT2D eigenvalue weighted by Gasteiger charge is 2.23. The van der Waals surface area contributed by atoms with Gasteiger partial charge in [-0.2, -0.15) is 0 Å². The first-order valence-corrected chi connectivity index (χ1v) is 6.09. The smallest absolute Gasteiger partial charge is 0.261 e. The third kappa shape index (κ3) is 4.37. The van der Waals surface area contributed by atoms with Gasteiger partial charge in [0.15, 0.2) is 6.10 Å². The van der Waals surface area contributed by atoms with Gasteiger partial charge in [-0.1, -0.05) is 17.7 Å². The van der Waals surface area contributed by atoms with Gasteiger partial charge in [-0.3, -0.25) is 4.79 Å². The molecule has 1 aromatic carbocycles. The standard InChI is InChI=1S/C14H22N2O2/c1-10-5-7-12(8-6-10)18-11(2)13(17)16-14(3,4)9-15/h5-8,11H,9,15H2,1-4H3,(H,16,17). The summed E-state index contributed by atoms with van der Waals surface area (Å²) < 4.78 is 5.57. The summed E-state index contributed by atoms with van der Waals surface area (Å²) in [5.74, 6) is 0.528. The Kier molecular flexibility index (Phi) is 4.73. The molecule has 18 heavy (non-hydrogen) atoms. The highest BCUT2D eigenvalue weighted by Crippen LogP contribution is 2.13. The normalized spacial score (nSPS) is 12.9. The monoisotopic (exact) mass is 250 g/mol. The second kappa shape index (κ2) is 5.87. The molecule has 0 saturated heterocycles. The van der Waals surface area contributed by atoms with E-state index in [0.717, 1.165) is 5.56 Å². The van der Waals surface area contributed by atoms with Crippen molar-refractivity contribution in [3.05, 3.63) is 29.8 Å². The molecule has 0 spiro atoms. The van der Waals surface area contributed by atoms with E-state index in [9.17, 15) is 4.79 Å². The van der Waals surface area contributed by atoms with E-state index < -0.39 is 11.6 Å². The Morgan fingerprint density at radius 2 is 1.94 bits per heavy atom. The van der Waals surface area contributed by atoms with Crippen LogP contribution in [0.5, 0.6) is 5.75 Å². The highest BCUT2D eigenvalue weighted by molar-refractivity contribution is 5.81. The summed E-state index contributed by atoms with van der Waals surface area (Å²) in [4.78, 5) is 11.9. The van der Waals surface area contributed by atoms with Crippen LogP contribution >= 0.6 is 0 Å². The van der Waals surface area contributed by atoms with Crippen LogP contribution in [0.2, 0.25) is 0 Å². The Hall–Kier alpha value is -1.55. The van der Waals surface area contributed by atoms with Crippen LogP contribution in [0.4, 0.5) is 0 Å². The van der Waals surface area contributed by atoms with Crippen LogP contribution in [0.3, 0.4) is 0 Å². The molecule has 0 heterocycles. The fourth-order valence-electron chi connectivity index (χ4n) is 1.36. The molecule has 1 unspecified atom stereocenters. The lowest BCUT2D eigenvalue weighted by molar-refractivity contribution is -0.128. The third-order valence-electron chi connectivity index (χ3n) is 2.67. The van der Waals surface area contributed by atoms with Gasteiger partial charge in [0.05, 0.1) is 0 Å². The van der Waals surface area contributed by atoms with Gasteiger partial charge in [-0.15, -0.1) is 0 Å². The zero-order chi connectivity index (χ0) is 13.8. The Labute approximate surface area is 109 Å². The Morgan fingerprint density at radius 3 is 2.44 bits per heavy atom. The molecule has 0 aliphatic rings. The molecule has 1 rings (SSSR count). The van der Waals surface area contributed by atoms with Crippen molar-refractivity contribution in [3.63, 3.8) is 0 Å². The third-order valence-corrected chi connectivity index (χ3v) is 2.67. The summed E-state index contributed by atoms with van der Waals surface area (Å²) >= 11 is 0. The van der Waals surface area contributed by atoms with Gasteiger partial charge >= 0.3 is 0 Å². The van der Waals surface area contributed by atoms with Gasteiger partial charge in [-0.05, 0) is 39.8 Å². The lowest BCUT2D eigenvalue weighted by atomic mass is 10.1. The summed E-state index contributed by atoms with van der Waals surface area (Å²) in [6, 6.07) is 7.61. The number of hydrogen-bond donors (Lipinski definition) is 2. The lowest BCUT2D eigenvalue weighted by Gasteiger charge is -2.26. The van der Waals surface area contributed by atoms with Crippen molar-refractivity contribution in [1.82, 2.24) is 5.32 Å². The van der Waals surface area contributed by atoms with Gasteiger partial charge in [-0.25, -0.2) is 0 Å². The highest BCUT2D eigenvalue weighted by atomic mass is 16.5. The molecule has 4 nitrogen and oxygen atoms in total. The predicted octanol–water partition coefficient (Wildman–Crippen LogP) is 1.62. The summed E-state index contributed by atoms with van der Waals surface area (Å²) in [5, 5.41) is 2.85. The molecule has 0 aliphatic carbocycles. The fourth-order valence-corrected chi connectivity index (χ4v) is 1.36. The van der Waals surface area contributed by atoms with E-state index in [2.05, 4.69) is 5.32 Å². The minimum atomic E-state index is -0.543. The van der Waals surface area contributed by atoms with E-state index in [4.69, 9.17) is 10.5 Å². The van der Waals surface area contributed by atoms with Crippen molar-refractivity contribution in [2.75, 3.05) is 6.54 Å². The van der Waals surface area contributed by atoms with Crippen LogP contribution in [0.15, 0.2) is 24.3 Å². The summed E-state index contributed by atoms with van der Waals surface area (Å²) in [5.41, 5.74) is 6.31. The van der Waals surface area contributed by atoms with Crippen molar-refractivity contribution in [2.24, 2.45) is 5.73 Å². The minimum Gasteiger partial charge on any atom is -0.481 e. The average molecular weight is 250 g/mol. The first kappa shape index (κ1) is 14.5. The Bertz CT molecular complexity index is 399. The van der Waals surface area contributed by atoms with Crippen LogP contribution in [-0.4, -0.2) is 24.1 Å². The number of carbonyl (C=O) groups is 1. The summed E-state index contributed by atoms with van der Waals surface area (Å²) in [6.07, 6.45) is -0.543. The van der Waals surface area contributed by atoms with Crippen LogP contribution in [-0.2, 0) is 4.79 Å². The number of nitrogens with two attached hydrogens (primary N) is 1. The SMILES string of the molecule is Cc1ccc(OC(C)C(=O)NC(C)(C)CN)cc1. The van der Waals surface area contributed by atoms with Gasteiger partial charge in [0.1, 0.15) is 5.75 Å². The second-order valence-corrected chi connectivity index (χ2v) is 5.15. The van der Waals surface area contributed by atoms with Gasteiger partial charge in [0.2, 0.25) is 0 Å². The van der Waals surface area contributed by atoms with Crippen molar-refractivity contribution < 1.29 is 9.53 Å². The predicted molar refractivity (Wildman–Crippen MR) is 72.5 cm³/mol. The quantitative estimate of drug-likeness (QED) is 0.834. The maximum atomic E-state index is 11.9. The fraction of sp³-hybridized carbons (Fsp3) is 0.500. The van der Waals surface area contributed by atoms with Crippen molar-refractivity contribution >= 4 is 5.91 Å². The zero-order valence-corrected chi connectivity index (χ0v) is 11.5. The van der Waals surface area contributed by atoms with E-state index in [-0.39, 0.29) is 5.91 Å². The number of hydrogen-bond acceptors (Lipinski definition) is 3. The lowest BCUT2D eigenvalue weighted by Crippen LogP contribution is -2.52. The molecular formula is C14H22N2O2. The molecule has 3 N–H and O–H groups in total. The maximum absolute atomic E-state index is 11.9. The van der Waals surface area contributed by atoms with Crippen LogP contribution in [0.1, 0.15) is 26.3 Å². The molecule has 100 valence electrons. The van der Waals surface area contributed by atoms with E-state index >= 15 is 0 Å². The molecule has 1 aromatic rings. The van der Waals surface area contributed by atoms with E-state index in [1.807, 2.05) is 45.0 Å². The first-order valence-electron chi connectivity index (χ1n) is 6.09. The van der Waals surface area contributed by atoms with Crippen molar-refractivity contribution in [3.8, 4) is 5.75 Å². The minimum absolute atomic E-state index is 0.161. The van der Waals surface area contributed by atoms with E-state index in [1.54, 1.807) is 6.92 Å². The molecule has 0 saturated carbocycles. The Balaban J connectivity index is 2.57. The summed E-state index contributed by atoms with van der Waals surface area (Å²) in [7, 11) is 0. The van der Waals surface area contributed by atoms with Crippen LogP contribution in [0.25, 0.3) is 0 Å². The van der Waals surface area contributed by atoms with Gasteiger partial charge in [0.25, 0.3) is 5.91 Å². The average Bonchev–Trinajstić information content (AvgIpc) is 2.31. The molecule has 0 fully saturated rings. The summed E-state index contributed by atoms with van der Waals surface area (Å²) in [6.45, 7) is 7.87. The molecule has 0 aromatic heterocycles. The number of aryl methyl sites for hydroxylation is 1. The van der Waals surface area contributed by atoms with Crippen molar-refractivity contribution in [2.45, 2.75) is 39.3 Å². The number of amides is 1. The molecule has 0 bridgehead atoms. The largest absolute Gasteiger partial charge is 0.481 e.